The van der Waals surface area contributed by atoms with Gasteiger partial charge in [0.05, 0.1) is 6.67 Å². The predicted octanol–water partition coefficient (Wildman–Crippen LogP) is 6.11. The van der Waals surface area contributed by atoms with Crippen LogP contribution in [-0.4, -0.2) is 48.7 Å². The Balaban J connectivity index is 1.39. The Morgan fingerprint density at radius 2 is 1.66 bits per heavy atom. The minimum atomic E-state index is -1.21. The summed E-state index contributed by atoms with van der Waals surface area (Å²) in [7, 11) is 0. The van der Waals surface area contributed by atoms with Gasteiger partial charge in [-0.05, 0) is 47.0 Å². The van der Waals surface area contributed by atoms with E-state index in [1.54, 1.807) is 18.2 Å². The number of likely N-dealkylation sites (tertiary alicyclic amines) is 1. The number of rotatable bonds is 7. The second kappa shape index (κ2) is 10.1. The van der Waals surface area contributed by atoms with Gasteiger partial charge in [0.15, 0.2) is 11.6 Å². The molecule has 0 amide bonds. The standard InChI is InChI=1S/C27H25F4NO2S/c28-12-16-13-32(14-16)7-8-34-19-4-1-17(2-5-19)27-20-6-3-18(33)9-26(20)35-15-22(27)21-10-24(30)25(31)11-23(21)29/h1-6,9-11,16,22,27,33H,7-8,12-15H2/t22-,27-/m0/s1. The molecule has 5 rings (SSSR count). The molecule has 184 valence electrons. The van der Waals surface area contributed by atoms with Gasteiger partial charge in [0.1, 0.15) is 23.9 Å². The van der Waals surface area contributed by atoms with Crippen molar-refractivity contribution >= 4 is 11.8 Å². The first-order chi connectivity index (χ1) is 16.9. The molecule has 0 saturated carbocycles. The number of ether oxygens (including phenoxy) is 1. The largest absolute Gasteiger partial charge is 0.508 e. The monoisotopic (exact) mass is 503 g/mol. The zero-order valence-electron chi connectivity index (χ0n) is 18.9. The summed E-state index contributed by atoms with van der Waals surface area (Å²) >= 11 is 1.45. The summed E-state index contributed by atoms with van der Waals surface area (Å²) in [6.07, 6.45) is 0. The molecule has 2 aliphatic rings. The summed E-state index contributed by atoms with van der Waals surface area (Å²) in [6, 6.07) is 14.1. The third-order valence-corrected chi connectivity index (χ3v) is 7.95. The van der Waals surface area contributed by atoms with Crippen molar-refractivity contribution in [1.82, 2.24) is 4.90 Å². The summed E-state index contributed by atoms with van der Waals surface area (Å²) in [5, 5.41) is 9.94. The van der Waals surface area contributed by atoms with Crippen molar-refractivity contribution in [3.63, 3.8) is 0 Å². The molecule has 35 heavy (non-hydrogen) atoms. The van der Waals surface area contributed by atoms with Gasteiger partial charge in [-0.2, -0.15) is 0 Å². The maximum atomic E-state index is 14.8. The van der Waals surface area contributed by atoms with Crippen LogP contribution in [0.5, 0.6) is 11.5 Å². The quantitative estimate of drug-likeness (QED) is 0.312. The van der Waals surface area contributed by atoms with Crippen LogP contribution in [-0.2, 0) is 0 Å². The third kappa shape index (κ3) is 5.00. The molecule has 3 nitrogen and oxygen atoms in total. The fourth-order valence-electron chi connectivity index (χ4n) is 4.92. The summed E-state index contributed by atoms with van der Waals surface area (Å²) in [5.41, 5.74) is 1.90. The van der Waals surface area contributed by atoms with Crippen molar-refractivity contribution in [1.29, 1.82) is 0 Å². The lowest BCUT2D eigenvalue weighted by Gasteiger charge is -2.37. The van der Waals surface area contributed by atoms with Crippen LogP contribution >= 0.6 is 11.8 Å². The first kappa shape index (κ1) is 24.0. The predicted molar refractivity (Wildman–Crippen MR) is 128 cm³/mol. The molecule has 3 aromatic carbocycles. The number of halogens is 4. The van der Waals surface area contributed by atoms with E-state index in [1.807, 2.05) is 24.3 Å². The van der Waals surface area contributed by atoms with E-state index in [0.29, 0.717) is 24.2 Å². The zero-order valence-corrected chi connectivity index (χ0v) is 19.7. The minimum absolute atomic E-state index is 0.126. The van der Waals surface area contributed by atoms with Crippen LogP contribution in [0.2, 0.25) is 0 Å². The molecule has 1 saturated heterocycles. The fraction of sp³-hybridized carbons (Fsp3) is 0.333. The van der Waals surface area contributed by atoms with Gasteiger partial charge >= 0.3 is 0 Å². The lowest BCUT2D eigenvalue weighted by atomic mass is 9.77. The minimum Gasteiger partial charge on any atom is -0.508 e. The first-order valence-electron chi connectivity index (χ1n) is 11.5. The molecule has 1 fully saturated rings. The number of hydrogen-bond donors (Lipinski definition) is 1. The van der Waals surface area contributed by atoms with Crippen molar-refractivity contribution in [3.05, 3.63) is 88.7 Å². The van der Waals surface area contributed by atoms with E-state index in [2.05, 4.69) is 4.90 Å². The highest BCUT2D eigenvalue weighted by atomic mass is 32.2. The lowest BCUT2D eigenvalue weighted by molar-refractivity contribution is 0.0668. The van der Waals surface area contributed by atoms with E-state index in [4.69, 9.17) is 4.74 Å². The topological polar surface area (TPSA) is 32.7 Å². The molecule has 0 spiro atoms. The summed E-state index contributed by atoms with van der Waals surface area (Å²) < 4.78 is 60.9. The van der Waals surface area contributed by atoms with E-state index < -0.39 is 23.4 Å². The number of alkyl halides is 1. The maximum Gasteiger partial charge on any atom is 0.161 e. The number of thioether (sulfide) groups is 1. The molecule has 0 aromatic heterocycles. The Morgan fingerprint density at radius 1 is 0.914 bits per heavy atom. The van der Waals surface area contributed by atoms with Crippen LogP contribution in [0, 0.1) is 23.4 Å². The zero-order chi connectivity index (χ0) is 24.5. The van der Waals surface area contributed by atoms with Gasteiger partial charge < -0.3 is 9.84 Å². The van der Waals surface area contributed by atoms with Crippen LogP contribution in [0.15, 0.2) is 59.5 Å². The number of aromatic hydroxyl groups is 1. The third-order valence-electron chi connectivity index (χ3n) is 6.76. The molecule has 8 heteroatoms. The van der Waals surface area contributed by atoms with Crippen LogP contribution in [0.1, 0.15) is 28.5 Å². The van der Waals surface area contributed by atoms with Gasteiger partial charge in [0, 0.05) is 54.1 Å². The molecule has 0 aliphatic carbocycles. The number of fused-ring (bicyclic) bond motifs is 1. The van der Waals surface area contributed by atoms with Crippen LogP contribution in [0.4, 0.5) is 17.6 Å². The number of nitrogens with zero attached hydrogens (tertiary/aromatic N) is 1. The second-order valence-electron chi connectivity index (χ2n) is 9.10. The summed E-state index contributed by atoms with van der Waals surface area (Å²) in [4.78, 5) is 3.02. The van der Waals surface area contributed by atoms with Crippen LogP contribution < -0.4 is 4.74 Å². The molecule has 2 aliphatic heterocycles. The molecule has 2 heterocycles. The molecule has 0 radical (unpaired) electrons. The Labute approximate surface area is 205 Å². The van der Waals surface area contributed by atoms with Gasteiger partial charge in [-0.25, -0.2) is 13.2 Å². The number of hydrogen-bond acceptors (Lipinski definition) is 4. The van der Waals surface area contributed by atoms with E-state index >= 15 is 0 Å². The van der Waals surface area contributed by atoms with Crippen molar-refractivity contribution in [2.24, 2.45) is 5.92 Å². The van der Waals surface area contributed by atoms with Gasteiger partial charge in [0.25, 0.3) is 0 Å². The fourth-order valence-corrected chi connectivity index (χ4v) is 6.22. The summed E-state index contributed by atoms with van der Waals surface area (Å²) in [6.45, 7) is 2.46. The van der Waals surface area contributed by atoms with Gasteiger partial charge in [-0.3, -0.25) is 9.29 Å². The van der Waals surface area contributed by atoms with Crippen LogP contribution in [0.3, 0.4) is 0 Å². The number of phenols is 1. The molecule has 0 unspecified atom stereocenters. The molecule has 1 N–H and O–H groups in total. The highest BCUT2D eigenvalue weighted by molar-refractivity contribution is 7.99. The van der Waals surface area contributed by atoms with Gasteiger partial charge in [0.2, 0.25) is 0 Å². The van der Waals surface area contributed by atoms with E-state index in [1.165, 1.54) is 11.8 Å². The van der Waals surface area contributed by atoms with Gasteiger partial charge in [-0.15, -0.1) is 11.8 Å². The lowest BCUT2D eigenvalue weighted by Crippen LogP contribution is -2.49. The average molecular weight is 504 g/mol. The maximum absolute atomic E-state index is 14.8. The first-order valence-corrected chi connectivity index (χ1v) is 12.5. The Kier molecular flexibility index (Phi) is 6.93. The van der Waals surface area contributed by atoms with Crippen molar-refractivity contribution in [2.45, 2.75) is 16.7 Å². The SMILES string of the molecule is Oc1ccc2c(c1)SC[C@@H](c1cc(F)c(F)cc1F)[C@H]2c1ccc(OCCN2CC(CF)C2)cc1. The van der Waals surface area contributed by atoms with Crippen molar-refractivity contribution < 1.29 is 27.4 Å². The van der Waals surface area contributed by atoms with Crippen molar-refractivity contribution in [3.8, 4) is 11.5 Å². The molecular formula is C27H25F4NO2S. The second-order valence-corrected chi connectivity index (χ2v) is 10.2. The van der Waals surface area contributed by atoms with Gasteiger partial charge in [-0.1, -0.05) is 18.2 Å². The van der Waals surface area contributed by atoms with Crippen molar-refractivity contribution in [2.75, 3.05) is 38.7 Å². The normalized spacial score (nSPS) is 20.3. The van der Waals surface area contributed by atoms with E-state index in [-0.39, 0.29) is 29.8 Å². The number of phenolic OH excluding ortho intramolecular Hbond substituents is 1. The van der Waals surface area contributed by atoms with Crippen LogP contribution in [0.25, 0.3) is 0 Å². The Bertz CT molecular complexity index is 1200. The highest BCUT2D eigenvalue weighted by Crippen LogP contribution is 2.50. The number of benzene rings is 3. The van der Waals surface area contributed by atoms with E-state index in [0.717, 1.165) is 41.7 Å². The molecule has 0 bridgehead atoms. The summed E-state index contributed by atoms with van der Waals surface area (Å²) in [5.74, 6) is -2.42. The Hall–Kier alpha value is -2.71. The molecular weight excluding hydrogens is 478 g/mol. The average Bonchev–Trinajstić information content (AvgIpc) is 2.82. The van der Waals surface area contributed by atoms with E-state index in [9.17, 15) is 22.7 Å². The smallest absolute Gasteiger partial charge is 0.161 e. The molecule has 2 atom stereocenters. The highest BCUT2D eigenvalue weighted by Gasteiger charge is 2.35. The molecule has 3 aromatic rings. The Morgan fingerprint density at radius 3 is 2.40 bits per heavy atom.